The molecule has 0 bridgehead atoms. The van der Waals surface area contributed by atoms with Gasteiger partial charge in [0, 0.05) is 24.3 Å². The van der Waals surface area contributed by atoms with Gasteiger partial charge in [-0.3, -0.25) is 0 Å². The monoisotopic (exact) mass is 368 g/mol. The largest absolute Gasteiger partial charge is 0.354 e. The van der Waals surface area contributed by atoms with E-state index in [4.69, 9.17) is 0 Å². The minimum absolute atomic E-state index is 0.836. The lowest BCUT2D eigenvalue weighted by Gasteiger charge is -2.20. The lowest BCUT2D eigenvalue weighted by atomic mass is 10.2. The van der Waals surface area contributed by atoms with Crippen LogP contribution in [0.15, 0.2) is 45.5 Å². The molecule has 0 aliphatic heterocycles. The summed E-state index contributed by atoms with van der Waals surface area (Å²) in [5, 5.41) is 0. The Kier molecular flexibility index (Phi) is 4.40. The van der Waals surface area contributed by atoms with Crippen molar-refractivity contribution in [2.75, 3.05) is 11.9 Å². The lowest BCUT2D eigenvalue weighted by Crippen LogP contribution is -2.18. The molecule has 0 saturated heterocycles. The molecule has 2 rings (SSSR count). The van der Waals surface area contributed by atoms with Gasteiger partial charge < -0.3 is 4.90 Å². The molecule has 4 heteroatoms. The molecule has 0 atom stereocenters. The van der Waals surface area contributed by atoms with Gasteiger partial charge in [-0.1, -0.05) is 28.1 Å². The number of nitrogens with zero attached hydrogens (tertiary/aromatic N) is 2. The minimum atomic E-state index is 0.836. The Bertz CT molecular complexity index is 538. The van der Waals surface area contributed by atoms with Crippen molar-refractivity contribution in [3.8, 4) is 0 Å². The topological polar surface area (TPSA) is 16.1 Å². The molecule has 0 saturated carbocycles. The van der Waals surface area contributed by atoms with Crippen LogP contribution in [-0.2, 0) is 6.54 Å². The van der Waals surface area contributed by atoms with Gasteiger partial charge in [0.1, 0.15) is 5.82 Å². The van der Waals surface area contributed by atoms with Crippen LogP contribution in [-0.4, -0.2) is 12.0 Å². The molecule has 0 radical (unpaired) electrons. The quantitative estimate of drug-likeness (QED) is 0.788. The van der Waals surface area contributed by atoms with Crippen molar-refractivity contribution < 1.29 is 0 Å². The van der Waals surface area contributed by atoms with Crippen LogP contribution >= 0.6 is 31.9 Å². The van der Waals surface area contributed by atoms with E-state index in [2.05, 4.69) is 80.0 Å². The van der Waals surface area contributed by atoms with Crippen LogP contribution in [0.5, 0.6) is 0 Å². The Labute approximate surface area is 124 Å². The third-order valence-electron chi connectivity index (χ3n) is 2.76. The Hall–Kier alpha value is -0.870. The van der Waals surface area contributed by atoms with E-state index < -0.39 is 0 Å². The summed E-state index contributed by atoms with van der Waals surface area (Å²) >= 11 is 7.04. The summed E-state index contributed by atoms with van der Waals surface area (Å²) in [4.78, 5) is 6.56. The van der Waals surface area contributed by atoms with E-state index in [1.54, 1.807) is 0 Å². The van der Waals surface area contributed by atoms with E-state index in [1.165, 1.54) is 11.1 Å². The average Bonchev–Trinajstić information content (AvgIpc) is 2.35. The molecule has 0 spiro atoms. The zero-order valence-corrected chi connectivity index (χ0v) is 13.5. The number of hydrogen-bond acceptors (Lipinski definition) is 2. The maximum absolute atomic E-state index is 4.42. The zero-order valence-electron chi connectivity index (χ0n) is 10.3. The van der Waals surface area contributed by atoms with E-state index in [0.29, 0.717) is 0 Å². The van der Waals surface area contributed by atoms with E-state index in [1.807, 2.05) is 12.3 Å². The van der Waals surface area contributed by atoms with Crippen molar-refractivity contribution in [3.05, 3.63) is 56.6 Å². The highest BCUT2D eigenvalue weighted by Crippen LogP contribution is 2.27. The molecule has 2 aromatic rings. The first-order valence-electron chi connectivity index (χ1n) is 5.64. The molecule has 94 valence electrons. The second-order valence-electron chi connectivity index (χ2n) is 4.25. The second kappa shape index (κ2) is 5.85. The molecule has 0 N–H and O–H groups in total. The third-order valence-corrected chi connectivity index (χ3v) is 4.27. The minimum Gasteiger partial charge on any atom is -0.354 e. The molecule has 1 aromatic heterocycles. The Morgan fingerprint density at radius 2 is 1.78 bits per heavy atom. The standard InChI is InChI=1S/C14H14Br2N2/c1-10-7-8-17-14(13(10)16)18(2)9-11-3-5-12(15)6-4-11/h3-8H,9H2,1-2H3. The molecule has 0 fully saturated rings. The number of aromatic nitrogens is 1. The fraction of sp³-hybridized carbons (Fsp3) is 0.214. The molecule has 2 nitrogen and oxygen atoms in total. The number of anilines is 1. The summed E-state index contributed by atoms with van der Waals surface area (Å²) in [6.07, 6.45) is 1.84. The number of aryl methyl sites for hydroxylation is 1. The molecule has 0 aliphatic rings. The number of benzene rings is 1. The van der Waals surface area contributed by atoms with Crippen LogP contribution in [0.2, 0.25) is 0 Å². The average molecular weight is 370 g/mol. The van der Waals surface area contributed by atoms with Gasteiger partial charge >= 0.3 is 0 Å². The van der Waals surface area contributed by atoms with Crippen LogP contribution in [0.25, 0.3) is 0 Å². The maximum Gasteiger partial charge on any atom is 0.143 e. The van der Waals surface area contributed by atoms with Crippen molar-refractivity contribution in [1.82, 2.24) is 4.98 Å². The Morgan fingerprint density at radius 3 is 2.44 bits per heavy atom. The number of hydrogen-bond donors (Lipinski definition) is 0. The summed E-state index contributed by atoms with van der Waals surface area (Å²) in [7, 11) is 2.05. The van der Waals surface area contributed by atoms with Crippen molar-refractivity contribution in [3.63, 3.8) is 0 Å². The Morgan fingerprint density at radius 1 is 1.11 bits per heavy atom. The van der Waals surface area contributed by atoms with Crippen molar-refractivity contribution in [1.29, 1.82) is 0 Å². The van der Waals surface area contributed by atoms with Crippen LogP contribution in [0.4, 0.5) is 5.82 Å². The number of halogens is 2. The van der Waals surface area contributed by atoms with E-state index in [9.17, 15) is 0 Å². The first-order chi connectivity index (χ1) is 8.58. The Balaban J connectivity index is 2.19. The molecule has 0 unspecified atom stereocenters. The highest BCUT2D eigenvalue weighted by Gasteiger charge is 2.09. The SMILES string of the molecule is Cc1ccnc(N(C)Cc2ccc(Br)cc2)c1Br. The van der Waals surface area contributed by atoms with Gasteiger partial charge in [0.2, 0.25) is 0 Å². The third kappa shape index (κ3) is 3.12. The first-order valence-corrected chi connectivity index (χ1v) is 7.23. The van der Waals surface area contributed by atoms with Crippen LogP contribution < -0.4 is 4.90 Å². The van der Waals surface area contributed by atoms with Crippen molar-refractivity contribution in [2.45, 2.75) is 13.5 Å². The summed E-state index contributed by atoms with van der Waals surface area (Å²) in [6.45, 7) is 2.91. The predicted octanol–water partition coefficient (Wildman–Crippen LogP) is 4.55. The van der Waals surface area contributed by atoms with Crippen molar-refractivity contribution in [2.24, 2.45) is 0 Å². The van der Waals surface area contributed by atoms with Crippen LogP contribution in [0, 0.1) is 6.92 Å². The molecule has 1 aromatic carbocycles. The molecule has 0 amide bonds. The van der Waals surface area contributed by atoms with E-state index >= 15 is 0 Å². The molecular formula is C14H14Br2N2. The smallest absolute Gasteiger partial charge is 0.143 e. The summed E-state index contributed by atoms with van der Waals surface area (Å²) in [5.41, 5.74) is 2.46. The molecule has 0 aliphatic carbocycles. The van der Waals surface area contributed by atoms with E-state index in [0.717, 1.165) is 21.3 Å². The van der Waals surface area contributed by atoms with Gasteiger partial charge in [-0.2, -0.15) is 0 Å². The van der Waals surface area contributed by atoms with Gasteiger partial charge in [-0.15, -0.1) is 0 Å². The maximum atomic E-state index is 4.42. The first kappa shape index (κ1) is 13.6. The lowest BCUT2D eigenvalue weighted by molar-refractivity contribution is 0.891. The van der Waals surface area contributed by atoms with Gasteiger partial charge in [-0.25, -0.2) is 4.98 Å². The van der Waals surface area contributed by atoms with Crippen molar-refractivity contribution >= 4 is 37.7 Å². The van der Waals surface area contributed by atoms with Gasteiger partial charge in [0.15, 0.2) is 0 Å². The highest BCUT2D eigenvalue weighted by atomic mass is 79.9. The predicted molar refractivity (Wildman–Crippen MR) is 82.9 cm³/mol. The van der Waals surface area contributed by atoms with Gasteiger partial charge in [0.05, 0.1) is 4.47 Å². The van der Waals surface area contributed by atoms with Crippen LogP contribution in [0.1, 0.15) is 11.1 Å². The molecule has 1 heterocycles. The summed E-state index contributed by atoms with van der Waals surface area (Å²) in [5.74, 6) is 0.970. The van der Waals surface area contributed by atoms with E-state index in [-0.39, 0.29) is 0 Å². The molecular weight excluding hydrogens is 356 g/mol. The molecule has 18 heavy (non-hydrogen) atoms. The van der Waals surface area contributed by atoms with Gasteiger partial charge in [-0.05, 0) is 52.2 Å². The summed E-state index contributed by atoms with van der Waals surface area (Å²) in [6, 6.07) is 10.3. The van der Waals surface area contributed by atoms with Gasteiger partial charge in [0.25, 0.3) is 0 Å². The fourth-order valence-corrected chi connectivity index (χ4v) is 2.53. The zero-order chi connectivity index (χ0) is 13.1. The normalized spacial score (nSPS) is 10.4. The number of pyridine rings is 1. The van der Waals surface area contributed by atoms with Crippen LogP contribution in [0.3, 0.4) is 0 Å². The highest BCUT2D eigenvalue weighted by molar-refractivity contribution is 9.11. The summed E-state index contributed by atoms with van der Waals surface area (Å²) < 4.78 is 2.16. The fourth-order valence-electron chi connectivity index (χ4n) is 1.73. The number of rotatable bonds is 3. The second-order valence-corrected chi connectivity index (χ2v) is 5.96.